The molecule has 12 heteroatoms. The van der Waals surface area contributed by atoms with Crippen molar-refractivity contribution in [2.75, 3.05) is 18.0 Å². The summed E-state index contributed by atoms with van der Waals surface area (Å²) in [4.78, 5) is 20.4. The molecular formula is C20H23F3N6O2S. The molecular weight excluding hydrogens is 445 g/mol. The average Bonchev–Trinajstić information content (AvgIpc) is 3.15. The number of piperidine rings is 1. The average molecular weight is 469 g/mol. The minimum absolute atomic E-state index is 0.215. The van der Waals surface area contributed by atoms with Gasteiger partial charge in [0.05, 0.1) is 0 Å². The normalized spacial score (nSPS) is 16.5. The first-order valence-corrected chi connectivity index (χ1v) is 10.8. The summed E-state index contributed by atoms with van der Waals surface area (Å²) >= 11 is 1.63. The number of aryl methyl sites for hydroxylation is 1. The van der Waals surface area contributed by atoms with Crippen LogP contribution in [-0.2, 0) is 10.5 Å². The number of anilines is 1. The number of benzene rings is 1. The van der Waals surface area contributed by atoms with Gasteiger partial charge in [0, 0.05) is 36.6 Å². The van der Waals surface area contributed by atoms with Gasteiger partial charge >= 0.3 is 12.1 Å². The van der Waals surface area contributed by atoms with Crippen molar-refractivity contribution < 1.29 is 23.1 Å². The topological polar surface area (TPSA) is 110 Å². The number of rotatable bonds is 4. The van der Waals surface area contributed by atoms with Crippen LogP contribution in [0, 0.1) is 6.92 Å². The molecule has 1 unspecified atom stereocenters. The SMILES string of the molecule is Cc1cc(N2CCCC(N)C2)n2nc(SCc3ccccc3)nc2n1.O=C(O)C(F)(F)F. The van der Waals surface area contributed by atoms with Crippen molar-refractivity contribution in [1.29, 1.82) is 0 Å². The predicted octanol–water partition coefficient (Wildman–Crippen LogP) is 3.29. The third-order valence-electron chi connectivity index (χ3n) is 4.64. The highest BCUT2D eigenvalue weighted by atomic mass is 32.2. The number of aliphatic carboxylic acids is 1. The molecule has 0 saturated carbocycles. The number of alkyl halides is 3. The first-order chi connectivity index (χ1) is 15.1. The van der Waals surface area contributed by atoms with Crippen LogP contribution >= 0.6 is 11.8 Å². The van der Waals surface area contributed by atoms with Crippen molar-refractivity contribution in [3.8, 4) is 0 Å². The minimum atomic E-state index is -5.08. The highest BCUT2D eigenvalue weighted by Crippen LogP contribution is 2.24. The number of hydrogen-bond acceptors (Lipinski definition) is 7. The zero-order chi connectivity index (χ0) is 23.3. The number of aromatic nitrogens is 4. The summed E-state index contributed by atoms with van der Waals surface area (Å²) in [6, 6.07) is 12.7. The van der Waals surface area contributed by atoms with Gasteiger partial charge in [0.25, 0.3) is 5.78 Å². The van der Waals surface area contributed by atoms with Crippen LogP contribution in [0.15, 0.2) is 41.6 Å². The summed E-state index contributed by atoms with van der Waals surface area (Å²) in [5.74, 6) is -0.213. The van der Waals surface area contributed by atoms with Crippen LogP contribution in [0.5, 0.6) is 0 Å². The highest BCUT2D eigenvalue weighted by Gasteiger charge is 2.38. The maximum absolute atomic E-state index is 10.6. The zero-order valence-electron chi connectivity index (χ0n) is 17.3. The molecule has 3 heterocycles. The fraction of sp³-hybridized carbons (Fsp3) is 0.400. The number of carboxylic acid groups (broad SMARTS) is 1. The van der Waals surface area contributed by atoms with Crippen LogP contribution in [-0.4, -0.2) is 56.0 Å². The van der Waals surface area contributed by atoms with Gasteiger partial charge in [-0.05, 0) is 25.3 Å². The lowest BCUT2D eigenvalue weighted by Gasteiger charge is -2.32. The Kier molecular flexibility index (Phi) is 7.56. The Morgan fingerprint density at radius 1 is 1.28 bits per heavy atom. The van der Waals surface area contributed by atoms with E-state index in [-0.39, 0.29) is 6.04 Å². The standard InChI is InChI=1S/C18H22N6S.C2HF3O2/c1-13-10-16(23-9-5-8-15(19)11-23)24-17(20-13)21-18(22-24)25-12-14-6-3-2-4-7-14;3-2(4,5)1(6)7/h2-4,6-7,10,15H,5,8-9,11-12,19H2,1H3;(H,6,7). The van der Waals surface area contributed by atoms with Crippen molar-refractivity contribution in [1.82, 2.24) is 19.6 Å². The van der Waals surface area contributed by atoms with Crippen molar-refractivity contribution in [3.63, 3.8) is 0 Å². The third-order valence-corrected chi connectivity index (χ3v) is 5.55. The van der Waals surface area contributed by atoms with Gasteiger partial charge in [-0.1, -0.05) is 42.1 Å². The molecule has 32 heavy (non-hydrogen) atoms. The van der Waals surface area contributed by atoms with E-state index in [2.05, 4.69) is 45.2 Å². The first kappa shape index (κ1) is 23.8. The molecule has 1 aromatic carbocycles. The van der Waals surface area contributed by atoms with E-state index in [0.29, 0.717) is 5.78 Å². The maximum atomic E-state index is 10.6. The van der Waals surface area contributed by atoms with Crippen molar-refractivity contribution in [2.45, 2.75) is 42.9 Å². The van der Waals surface area contributed by atoms with Crippen LogP contribution in [0.2, 0.25) is 0 Å². The van der Waals surface area contributed by atoms with Gasteiger partial charge in [0.15, 0.2) is 0 Å². The summed E-state index contributed by atoms with van der Waals surface area (Å²) in [6.07, 6.45) is -2.90. The Balaban J connectivity index is 0.000000360. The van der Waals surface area contributed by atoms with Crippen LogP contribution in [0.25, 0.3) is 5.78 Å². The van der Waals surface area contributed by atoms with Gasteiger partial charge in [-0.3, -0.25) is 0 Å². The van der Waals surface area contributed by atoms with Crippen LogP contribution < -0.4 is 10.6 Å². The molecule has 1 atom stereocenters. The highest BCUT2D eigenvalue weighted by molar-refractivity contribution is 7.98. The summed E-state index contributed by atoms with van der Waals surface area (Å²) in [7, 11) is 0. The number of hydrogen-bond donors (Lipinski definition) is 2. The van der Waals surface area contributed by atoms with E-state index in [1.165, 1.54) is 5.56 Å². The van der Waals surface area contributed by atoms with Crippen LogP contribution in [0.3, 0.4) is 0 Å². The number of carbonyl (C=O) groups is 1. The molecule has 1 aliphatic heterocycles. The predicted molar refractivity (Wildman–Crippen MR) is 115 cm³/mol. The monoisotopic (exact) mass is 468 g/mol. The fourth-order valence-corrected chi connectivity index (χ4v) is 3.95. The molecule has 0 spiro atoms. The molecule has 3 aromatic rings. The molecule has 172 valence electrons. The second kappa shape index (κ2) is 10.2. The van der Waals surface area contributed by atoms with Gasteiger partial charge in [0.1, 0.15) is 5.82 Å². The Labute approximate surface area is 186 Å². The lowest BCUT2D eigenvalue weighted by Crippen LogP contribution is -2.43. The summed E-state index contributed by atoms with van der Waals surface area (Å²) in [5.41, 5.74) is 8.37. The minimum Gasteiger partial charge on any atom is -0.475 e. The number of carboxylic acids is 1. The van der Waals surface area contributed by atoms with Crippen LogP contribution in [0.4, 0.5) is 19.0 Å². The summed E-state index contributed by atoms with van der Waals surface area (Å²) < 4.78 is 33.6. The smallest absolute Gasteiger partial charge is 0.475 e. The van der Waals surface area contributed by atoms with E-state index >= 15 is 0 Å². The van der Waals surface area contributed by atoms with Crippen molar-refractivity contribution in [2.24, 2.45) is 5.73 Å². The molecule has 1 saturated heterocycles. The largest absolute Gasteiger partial charge is 0.490 e. The van der Waals surface area contributed by atoms with Gasteiger partial charge in [-0.2, -0.15) is 22.7 Å². The maximum Gasteiger partial charge on any atom is 0.490 e. The Hall–Kier alpha value is -2.86. The molecule has 8 nitrogen and oxygen atoms in total. The second-order valence-electron chi connectivity index (χ2n) is 7.29. The van der Waals surface area contributed by atoms with Gasteiger partial charge in [0.2, 0.25) is 5.16 Å². The van der Waals surface area contributed by atoms with E-state index in [4.69, 9.17) is 20.7 Å². The molecule has 3 N–H and O–H groups in total. The van der Waals surface area contributed by atoms with Gasteiger partial charge in [-0.15, -0.1) is 5.10 Å². The van der Waals surface area contributed by atoms with E-state index in [9.17, 15) is 13.2 Å². The van der Waals surface area contributed by atoms with Gasteiger partial charge in [-0.25, -0.2) is 9.78 Å². The molecule has 0 bridgehead atoms. The van der Waals surface area contributed by atoms with Crippen molar-refractivity contribution in [3.05, 3.63) is 47.7 Å². The lowest BCUT2D eigenvalue weighted by molar-refractivity contribution is -0.192. The molecule has 0 amide bonds. The van der Waals surface area contributed by atoms with E-state index in [1.807, 2.05) is 17.5 Å². The molecule has 0 radical (unpaired) electrons. The quantitative estimate of drug-likeness (QED) is 0.562. The summed E-state index contributed by atoms with van der Waals surface area (Å²) in [6.45, 7) is 3.85. The van der Waals surface area contributed by atoms with E-state index in [1.54, 1.807) is 11.8 Å². The summed E-state index contributed by atoms with van der Waals surface area (Å²) in [5, 5.41) is 12.6. The lowest BCUT2D eigenvalue weighted by atomic mass is 10.1. The Morgan fingerprint density at radius 2 is 1.97 bits per heavy atom. The number of thioether (sulfide) groups is 1. The molecule has 2 aromatic heterocycles. The molecule has 1 aliphatic rings. The molecule has 0 aliphatic carbocycles. The fourth-order valence-electron chi connectivity index (χ4n) is 3.18. The van der Waals surface area contributed by atoms with Crippen LogP contribution in [0.1, 0.15) is 24.1 Å². The van der Waals surface area contributed by atoms with E-state index in [0.717, 1.165) is 48.4 Å². The third kappa shape index (κ3) is 6.33. The number of fused-ring (bicyclic) bond motifs is 1. The molecule has 4 rings (SSSR count). The van der Waals surface area contributed by atoms with Gasteiger partial charge < -0.3 is 15.7 Å². The molecule has 1 fully saturated rings. The Morgan fingerprint density at radius 3 is 2.59 bits per heavy atom. The Bertz CT molecular complexity index is 1060. The number of halogens is 3. The zero-order valence-corrected chi connectivity index (χ0v) is 18.1. The first-order valence-electron chi connectivity index (χ1n) is 9.85. The number of nitrogens with two attached hydrogens (primary N) is 1. The van der Waals surface area contributed by atoms with Crippen molar-refractivity contribution >= 4 is 29.3 Å². The van der Waals surface area contributed by atoms with E-state index < -0.39 is 12.1 Å². The second-order valence-corrected chi connectivity index (χ2v) is 8.23. The number of nitrogens with zero attached hydrogens (tertiary/aromatic N) is 5.